The molecular weight excluding hydrogens is 226 g/mol. The molecule has 2 aromatic rings. The molecule has 4 heteroatoms. The van der Waals surface area contributed by atoms with Gasteiger partial charge in [0.05, 0.1) is 0 Å². The highest BCUT2D eigenvalue weighted by Crippen LogP contribution is 2.17. The van der Waals surface area contributed by atoms with Gasteiger partial charge in [0.15, 0.2) is 11.5 Å². The van der Waals surface area contributed by atoms with Gasteiger partial charge in [0.2, 0.25) is 0 Å². The van der Waals surface area contributed by atoms with E-state index in [9.17, 15) is 13.6 Å². The zero-order valence-corrected chi connectivity index (χ0v) is 9.17. The number of furan rings is 1. The highest BCUT2D eigenvalue weighted by Gasteiger charge is 2.10. The number of benzene rings is 1. The summed E-state index contributed by atoms with van der Waals surface area (Å²) in [5.74, 6) is -0.542. The van der Waals surface area contributed by atoms with Gasteiger partial charge in [-0.25, -0.2) is 8.78 Å². The van der Waals surface area contributed by atoms with E-state index >= 15 is 0 Å². The van der Waals surface area contributed by atoms with E-state index in [-0.39, 0.29) is 23.5 Å². The predicted octanol–water partition coefficient (Wildman–Crippen LogP) is 3.35. The minimum atomic E-state index is -0.500. The Morgan fingerprint density at radius 1 is 1.24 bits per heavy atom. The molecule has 17 heavy (non-hydrogen) atoms. The van der Waals surface area contributed by atoms with Gasteiger partial charge in [-0.1, -0.05) is 0 Å². The van der Waals surface area contributed by atoms with Gasteiger partial charge in [-0.05, 0) is 35.9 Å². The van der Waals surface area contributed by atoms with Crippen molar-refractivity contribution in [2.75, 3.05) is 0 Å². The number of carbonyl (C=O) groups is 1. The van der Waals surface area contributed by atoms with Crippen LogP contribution in [-0.4, -0.2) is 5.78 Å². The maximum atomic E-state index is 13.3. The van der Waals surface area contributed by atoms with Gasteiger partial charge in [-0.2, -0.15) is 0 Å². The molecule has 1 aromatic heterocycles. The molecule has 0 unspecified atom stereocenters. The van der Waals surface area contributed by atoms with E-state index in [2.05, 4.69) is 0 Å². The van der Waals surface area contributed by atoms with Crippen LogP contribution < -0.4 is 0 Å². The molecule has 0 aliphatic carbocycles. The third-order valence-corrected chi connectivity index (χ3v) is 2.38. The van der Waals surface area contributed by atoms with Crippen molar-refractivity contribution in [3.05, 3.63) is 59.1 Å². The number of hydrogen-bond acceptors (Lipinski definition) is 2. The molecule has 2 nitrogen and oxygen atoms in total. The quantitative estimate of drug-likeness (QED) is 0.765. The van der Waals surface area contributed by atoms with E-state index in [1.807, 2.05) is 0 Å². The molecule has 1 heterocycles. The van der Waals surface area contributed by atoms with Crippen molar-refractivity contribution in [1.29, 1.82) is 0 Å². The number of carbonyl (C=O) groups excluding carboxylic acids is 1. The van der Waals surface area contributed by atoms with Crippen LogP contribution >= 0.6 is 0 Å². The Balaban J connectivity index is 2.25. The van der Waals surface area contributed by atoms with Crippen molar-refractivity contribution in [2.45, 2.75) is 13.3 Å². The predicted molar refractivity (Wildman–Crippen MR) is 57.9 cm³/mol. The molecule has 0 fully saturated rings. The van der Waals surface area contributed by atoms with E-state index in [4.69, 9.17) is 4.42 Å². The lowest BCUT2D eigenvalue weighted by Gasteiger charge is -2.00. The number of ketones is 1. The van der Waals surface area contributed by atoms with E-state index < -0.39 is 11.6 Å². The second kappa shape index (κ2) is 4.49. The van der Waals surface area contributed by atoms with Crippen molar-refractivity contribution < 1.29 is 18.0 Å². The molecule has 0 atom stereocenters. The van der Waals surface area contributed by atoms with Crippen molar-refractivity contribution in [1.82, 2.24) is 0 Å². The molecule has 0 saturated carbocycles. The molecule has 0 aliphatic heterocycles. The minimum absolute atomic E-state index is 0.122. The lowest BCUT2D eigenvalue weighted by Crippen LogP contribution is -1.93. The number of hydrogen-bond donors (Lipinski definition) is 0. The molecule has 0 radical (unpaired) electrons. The molecule has 88 valence electrons. The summed E-state index contributed by atoms with van der Waals surface area (Å²) in [4.78, 5) is 11.0. The zero-order chi connectivity index (χ0) is 12.4. The minimum Gasteiger partial charge on any atom is -0.458 e. The van der Waals surface area contributed by atoms with Crippen LogP contribution in [0.25, 0.3) is 0 Å². The van der Waals surface area contributed by atoms with Crippen molar-refractivity contribution in [3.8, 4) is 0 Å². The van der Waals surface area contributed by atoms with Crippen LogP contribution in [0, 0.1) is 11.6 Å². The van der Waals surface area contributed by atoms with Gasteiger partial charge in [-0.15, -0.1) is 0 Å². The fourth-order valence-corrected chi connectivity index (χ4v) is 1.53. The SMILES string of the molecule is CC(=O)c1ccc(Cc2cc(F)ccc2F)o1. The van der Waals surface area contributed by atoms with Crippen LogP contribution in [0.1, 0.15) is 28.8 Å². The van der Waals surface area contributed by atoms with Crippen LogP contribution in [0.5, 0.6) is 0 Å². The smallest absolute Gasteiger partial charge is 0.194 e. The van der Waals surface area contributed by atoms with Gasteiger partial charge in [0, 0.05) is 13.3 Å². The molecule has 0 N–H and O–H groups in total. The highest BCUT2D eigenvalue weighted by molar-refractivity contribution is 5.91. The fourth-order valence-electron chi connectivity index (χ4n) is 1.53. The molecule has 0 spiro atoms. The molecular formula is C13H10F2O2. The summed E-state index contributed by atoms with van der Waals surface area (Å²) in [6.07, 6.45) is 0.122. The first-order valence-electron chi connectivity index (χ1n) is 5.10. The van der Waals surface area contributed by atoms with E-state index in [0.717, 1.165) is 18.2 Å². The third kappa shape index (κ3) is 2.58. The van der Waals surface area contributed by atoms with Crippen LogP contribution in [0.4, 0.5) is 8.78 Å². The maximum Gasteiger partial charge on any atom is 0.194 e. The van der Waals surface area contributed by atoms with Gasteiger partial charge in [0.25, 0.3) is 0 Å². The summed E-state index contributed by atoms with van der Waals surface area (Å²) in [5.41, 5.74) is 0.203. The first-order chi connectivity index (χ1) is 8.06. The summed E-state index contributed by atoms with van der Waals surface area (Å²) in [6, 6.07) is 6.35. The molecule has 2 rings (SSSR count). The van der Waals surface area contributed by atoms with Crippen molar-refractivity contribution in [3.63, 3.8) is 0 Å². The lowest BCUT2D eigenvalue weighted by atomic mass is 10.1. The number of rotatable bonds is 3. The second-order valence-corrected chi connectivity index (χ2v) is 3.73. The Morgan fingerprint density at radius 2 is 2.00 bits per heavy atom. The average molecular weight is 236 g/mol. The summed E-state index contributed by atoms with van der Waals surface area (Å²) in [5, 5.41) is 0. The fraction of sp³-hybridized carbons (Fsp3) is 0.154. The van der Waals surface area contributed by atoms with Crippen LogP contribution in [0.3, 0.4) is 0 Å². The Hall–Kier alpha value is -1.97. The van der Waals surface area contributed by atoms with E-state index in [0.29, 0.717) is 5.76 Å². The summed E-state index contributed by atoms with van der Waals surface area (Å²) in [7, 11) is 0. The highest BCUT2D eigenvalue weighted by atomic mass is 19.1. The Morgan fingerprint density at radius 3 is 2.65 bits per heavy atom. The summed E-state index contributed by atoms with van der Waals surface area (Å²) >= 11 is 0. The van der Waals surface area contributed by atoms with Gasteiger partial charge >= 0.3 is 0 Å². The monoisotopic (exact) mass is 236 g/mol. The number of Topliss-reactive ketones (excluding diaryl/α,β-unsaturated/α-hetero) is 1. The first-order valence-corrected chi connectivity index (χ1v) is 5.10. The van der Waals surface area contributed by atoms with E-state index in [1.54, 1.807) is 6.07 Å². The van der Waals surface area contributed by atoms with Gasteiger partial charge in [-0.3, -0.25) is 4.79 Å². The second-order valence-electron chi connectivity index (χ2n) is 3.73. The van der Waals surface area contributed by atoms with Crippen LogP contribution in [0.2, 0.25) is 0 Å². The molecule has 1 aromatic carbocycles. The van der Waals surface area contributed by atoms with Gasteiger partial charge < -0.3 is 4.42 Å². The van der Waals surface area contributed by atoms with E-state index in [1.165, 1.54) is 13.0 Å². The lowest BCUT2D eigenvalue weighted by molar-refractivity contribution is 0.0985. The zero-order valence-electron chi connectivity index (χ0n) is 9.17. The van der Waals surface area contributed by atoms with Crippen molar-refractivity contribution >= 4 is 5.78 Å². The van der Waals surface area contributed by atoms with Gasteiger partial charge in [0.1, 0.15) is 17.4 Å². The maximum absolute atomic E-state index is 13.3. The molecule has 0 aliphatic rings. The standard InChI is InChI=1S/C13H10F2O2/c1-8(16)13-5-3-11(17-13)7-9-6-10(14)2-4-12(9)15/h2-6H,7H2,1H3. The number of halogens is 2. The topological polar surface area (TPSA) is 30.2 Å². The average Bonchev–Trinajstić information content (AvgIpc) is 2.72. The molecule has 0 saturated heterocycles. The van der Waals surface area contributed by atoms with Crippen LogP contribution in [-0.2, 0) is 6.42 Å². The van der Waals surface area contributed by atoms with Crippen molar-refractivity contribution in [2.24, 2.45) is 0 Å². The Bertz CT molecular complexity index is 558. The van der Waals surface area contributed by atoms with Crippen LogP contribution in [0.15, 0.2) is 34.7 Å². The largest absolute Gasteiger partial charge is 0.458 e. The Kier molecular flexibility index (Phi) is 3.04. The summed E-state index contributed by atoms with van der Waals surface area (Å²) in [6.45, 7) is 1.38. The molecule has 0 amide bonds. The Labute approximate surface area is 96.9 Å². The summed E-state index contributed by atoms with van der Waals surface area (Å²) < 4.78 is 31.5. The molecule has 0 bridgehead atoms. The third-order valence-electron chi connectivity index (χ3n) is 2.38. The normalized spacial score (nSPS) is 10.5. The first kappa shape index (κ1) is 11.5.